The summed E-state index contributed by atoms with van der Waals surface area (Å²) in [5, 5.41) is 9.16. The van der Waals surface area contributed by atoms with Gasteiger partial charge in [-0.1, -0.05) is 6.07 Å². The number of aromatic carboxylic acids is 1. The lowest BCUT2D eigenvalue weighted by molar-refractivity contribution is -0.145. The molecule has 2 heterocycles. The van der Waals surface area contributed by atoms with Gasteiger partial charge in [-0.15, -0.1) is 0 Å². The van der Waals surface area contributed by atoms with E-state index in [1.54, 1.807) is 0 Å². The third kappa shape index (κ3) is 3.73. The third-order valence-corrected chi connectivity index (χ3v) is 4.42. The number of fused-ring (bicyclic) bond motifs is 1. The molecule has 0 unspecified atom stereocenters. The fourth-order valence-electron chi connectivity index (χ4n) is 3.06. The molecule has 0 saturated heterocycles. The molecule has 1 aromatic heterocycles. The van der Waals surface area contributed by atoms with Crippen LogP contribution in [0.15, 0.2) is 18.2 Å². The first-order chi connectivity index (χ1) is 12.9. The Bertz CT molecular complexity index is 940. The van der Waals surface area contributed by atoms with Gasteiger partial charge in [0.2, 0.25) is 5.82 Å². The molecule has 0 atom stereocenters. The van der Waals surface area contributed by atoms with Crippen molar-refractivity contribution in [2.45, 2.75) is 32.2 Å². The van der Waals surface area contributed by atoms with Crippen molar-refractivity contribution >= 4 is 11.8 Å². The summed E-state index contributed by atoms with van der Waals surface area (Å²) in [6.07, 6.45) is -9.24. The molecule has 0 saturated carbocycles. The molecule has 0 fully saturated rings. The van der Waals surface area contributed by atoms with Crippen molar-refractivity contribution in [1.29, 1.82) is 0 Å². The Labute approximate surface area is 154 Å². The number of hydrogen-bond donors (Lipinski definition) is 1. The summed E-state index contributed by atoms with van der Waals surface area (Å²) in [6.45, 7) is 1.31. The highest BCUT2D eigenvalue weighted by Gasteiger charge is 2.38. The fraction of sp³-hybridized carbons (Fsp3) is 0.353. The average molecular weight is 405 g/mol. The molecule has 0 spiro atoms. The van der Waals surface area contributed by atoms with Crippen molar-refractivity contribution in [3.63, 3.8) is 0 Å². The predicted molar refractivity (Wildman–Crippen MR) is 84.9 cm³/mol. The van der Waals surface area contributed by atoms with Crippen LogP contribution in [0.1, 0.15) is 38.6 Å². The van der Waals surface area contributed by atoms with Crippen molar-refractivity contribution in [2.75, 3.05) is 11.4 Å². The summed E-state index contributed by atoms with van der Waals surface area (Å²) in [6, 6.07) is 3.24. The van der Waals surface area contributed by atoms with Crippen molar-refractivity contribution in [1.82, 2.24) is 9.97 Å². The molecule has 0 aliphatic carbocycles. The maximum Gasteiger partial charge on any atom is 0.451 e. The fourth-order valence-corrected chi connectivity index (χ4v) is 3.06. The number of anilines is 1. The van der Waals surface area contributed by atoms with Crippen LogP contribution in [0, 0.1) is 6.92 Å². The molecule has 1 aliphatic rings. The summed E-state index contributed by atoms with van der Waals surface area (Å²) >= 11 is 0. The highest BCUT2D eigenvalue weighted by molar-refractivity contribution is 5.88. The molecular formula is C17H13F6N3O2. The lowest BCUT2D eigenvalue weighted by atomic mass is 9.97. The van der Waals surface area contributed by atoms with E-state index in [2.05, 4.69) is 9.97 Å². The van der Waals surface area contributed by atoms with Crippen LogP contribution in [0.3, 0.4) is 0 Å². The highest BCUT2D eigenvalue weighted by atomic mass is 19.4. The van der Waals surface area contributed by atoms with E-state index in [0.29, 0.717) is 11.1 Å². The van der Waals surface area contributed by atoms with E-state index in [9.17, 15) is 31.1 Å². The number of aromatic nitrogens is 2. The second-order valence-corrected chi connectivity index (χ2v) is 6.30. The Morgan fingerprint density at radius 1 is 1.07 bits per heavy atom. The SMILES string of the molecule is Cc1c(C(=O)O)nc(C(F)(F)F)nc1N1CCc2ccc(C(F)(F)F)cc2C1. The Kier molecular flexibility index (Phi) is 4.72. The first-order valence-corrected chi connectivity index (χ1v) is 8.01. The van der Waals surface area contributed by atoms with E-state index in [4.69, 9.17) is 5.11 Å². The quantitative estimate of drug-likeness (QED) is 0.763. The number of carboxylic acids is 1. The maximum atomic E-state index is 13.1. The van der Waals surface area contributed by atoms with Gasteiger partial charge in [0, 0.05) is 18.7 Å². The molecule has 2 aromatic rings. The van der Waals surface area contributed by atoms with Crippen LogP contribution in [0.25, 0.3) is 0 Å². The van der Waals surface area contributed by atoms with Crippen LogP contribution in [-0.2, 0) is 25.3 Å². The van der Waals surface area contributed by atoms with E-state index in [-0.39, 0.29) is 30.9 Å². The summed E-state index contributed by atoms with van der Waals surface area (Å²) < 4.78 is 78.0. The van der Waals surface area contributed by atoms with E-state index in [1.165, 1.54) is 17.9 Å². The van der Waals surface area contributed by atoms with Gasteiger partial charge in [-0.3, -0.25) is 0 Å². The van der Waals surface area contributed by atoms with Gasteiger partial charge in [0.1, 0.15) is 5.82 Å². The van der Waals surface area contributed by atoms with Gasteiger partial charge in [0.15, 0.2) is 5.69 Å². The Morgan fingerprint density at radius 3 is 2.32 bits per heavy atom. The van der Waals surface area contributed by atoms with E-state index >= 15 is 0 Å². The molecule has 1 aliphatic heterocycles. The monoisotopic (exact) mass is 405 g/mol. The smallest absolute Gasteiger partial charge is 0.451 e. The molecular weight excluding hydrogens is 392 g/mol. The van der Waals surface area contributed by atoms with Crippen LogP contribution < -0.4 is 4.90 Å². The average Bonchev–Trinajstić information content (AvgIpc) is 2.59. The van der Waals surface area contributed by atoms with E-state index in [0.717, 1.165) is 12.1 Å². The summed E-state index contributed by atoms with van der Waals surface area (Å²) in [5.74, 6) is -3.52. The Balaban J connectivity index is 2.06. The number of alkyl halides is 6. The van der Waals surface area contributed by atoms with Gasteiger partial charge in [0.05, 0.1) is 5.56 Å². The summed E-state index contributed by atoms with van der Waals surface area (Å²) in [5.41, 5.74) is -0.812. The summed E-state index contributed by atoms with van der Waals surface area (Å²) in [7, 11) is 0. The zero-order valence-electron chi connectivity index (χ0n) is 14.3. The van der Waals surface area contributed by atoms with Gasteiger partial charge in [0.25, 0.3) is 0 Å². The molecule has 3 rings (SSSR count). The van der Waals surface area contributed by atoms with Crippen LogP contribution in [0.5, 0.6) is 0 Å². The minimum atomic E-state index is -4.97. The molecule has 5 nitrogen and oxygen atoms in total. The topological polar surface area (TPSA) is 66.3 Å². The van der Waals surface area contributed by atoms with Crippen molar-refractivity contribution in [2.24, 2.45) is 0 Å². The lowest BCUT2D eigenvalue weighted by Crippen LogP contribution is -2.33. The van der Waals surface area contributed by atoms with Gasteiger partial charge in [-0.05, 0) is 36.6 Å². The molecule has 0 amide bonds. The number of rotatable bonds is 2. The Hall–Kier alpha value is -2.85. The highest BCUT2D eigenvalue weighted by Crippen LogP contribution is 2.35. The second kappa shape index (κ2) is 6.64. The van der Waals surface area contributed by atoms with Gasteiger partial charge in [-0.2, -0.15) is 26.3 Å². The van der Waals surface area contributed by atoms with E-state index < -0.39 is 35.4 Å². The Morgan fingerprint density at radius 2 is 1.75 bits per heavy atom. The number of carboxylic acid groups (broad SMARTS) is 1. The molecule has 0 bridgehead atoms. The third-order valence-electron chi connectivity index (χ3n) is 4.42. The molecule has 28 heavy (non-hydrogen) atoms. The number of halogens is 6. The van der Waals surface area contributed by atoms with Gasteiger partial charge < -0.3 is 10.0 Å². The van der Waals surface area contributed by atoms with Crippen molar-refractivity contribution in [3.05, 3.63) is 52.0 Å². The lowest BCUT2D eigenvalue weighted by Gasteiger charge is -2.31. The van der Waals surface area contributed by atoms with Crippen LogP contribution >= 0.6 is 0 Å². The molecule has 1 aromatic carbocycles. The maximum absolute atomic E-state index is 13.1. The van der Waals surface area contributed by atoms with Gasteiger partial charge in [-0.25, -0.2) is 14.8 Å². The second-order valence-electron chi connectivity index (χ2n) is 6.30. The number of carbonyl (C=O) groups is 1. The molecule has 1 N–H and O–H groups in total. The zero-order chi connectivity index (χ0) is 20.9. The van der Waals surface area contributed by atoms with E-state index in [1.807, 2.05) is 0 Å². The van der Waals surface area contributed by atoms with Gasteiger partial charge >= 0.3 is 18.3 Å². The van der Waals surface area contributed by atoms with Crippen molar-refractivity contribution < 1.29 is 36.2 Å². The normalized spacial score (nSPS) is 14.8. The zero-order valence-corrected chi connectivity index (χ0v) is 14.3. The van der Waals surface area contributed by atoms with Crippen molar-refractivity contribution in [3.8, 4) is 0 Å². The number of nitrogens with zero attached hydrogens (tertiary/aromatic N) is 3. The minimum Gasteiger partial charge on any atom is -0.476 e. The molecule has 0 radical (unpaired) electrons. The summed E-state index contributed by atoms with van der Waals surface area (Å²) in [4.78, 5) is 19.2. The molecule has 150 valence electrons. The standard InChI is InChI=1S/C17H13F6N3O2/c1-8-12(14(27)28)24-15(17(21,22)23)25-13(8)26-5-4-9-2-3-11(16(18,19)20)6-10(9)7-26/h2-3,6H,4-5,7H2,1H3,(H,27,28). The van der Waals surface area contributed by atoms with Crippen LogP contribution in [0.2, 0.25) is 0 Å². The first kappa shape index (κ1) is 19.9. The number of hydrogen-bond acceptors (Lipinski definition) is 4. The number of benzene rings is 1. The largest absolute Gasteiger partial charge is 0.476 e. The first-order valence-electron chi connectivity index (χ1n) is 8.01. The molecule has 11 heteroatoms. The predicted octanol–water partition coefficient (Wildman–Crippen LogP) is 4.08. The van der Waals surface area contributed by atoms with Crippen LogP contribution in [-0.4, -0.2) is 27.6 Å². The van der Waals surface area contributed by atoms with Crippen LogP contribution in [0.4, 0.5) is 32.2 Å². The minimum absolute atomic E-state index is 0.0871.